The van der Waals surface area contributed by atoms with Crippen LogP contribution >= 0.6 is 11.8 Å². The van der Waals surface area contributed by atoms with Gasteiger partial charge in [-0.2, -0.15) is 11.8 Å². The molecular formula is C16H24N2O2S. The lowest BCUT2D eigenvalue weighted by molar-refractivity contribution is -0.0175. The molecular weight excluding hydrogens is 284 g/mol. The van der Waals surface area contributed by atoms with Crippen molar-refractivity contribution in [3.8, 4) is 0 Å². The fourth-order valence-electron chi connectivity index (χ4n) is 2.27. The summed E-state index contributed by atoms with van der Waals surface area (Å²) in [4.78, 5) is 14.3. The van der Waals surface area contributed by atoms with Crippen LogP contribution in [0.15, 0.2) is 24.3 Å². The molecule has 116 valence electrons. The van der Waals surface area contributed by atoms with Gasteiger partial charge in [-0.15, -0.1) is 0 Å². The second-order valence-electron chi connectivity index (χ2n) is 5.30. The normalized spacial score (nSPS) is 19.4. The van der Waals surface area contributed by atoms with Crippen LogP contribution in [-0.4, -0.2) is 56.0 Å². The average Bonchev–Trinajstić information content (AvgIpc) is 2.51. The lowest BCUT2D eigenvalue weighted by atomic mass is 10.1. The molecule has 1 amide bonds. The van der Waals surface area contributed by atoms with E-state index in [0.717, 1.165) is 31.2 Å². The highest BCUT2D eigenvalue weighted by atomic mass is 32.2. The van der Waals surface area contributed by atoms with Gasteiger partial charge >= 0.3 is 0 Å². The maximum absolute atomic E-state index is 12.1. The lowest BCUT2D eigenvalue weighted by Crippen LogP contribution is -2.45. The largest absolute Gasteiger partial charge is 0.374 e. The number of ether oxygens (including phenoxy) is 1. The molecule has 1 N–H and O–H groups in total. The van der Waals surface area contributed by atoms with Gasteiger partial charge in [0, 0.05) is 31.0 Å². The van der Waals surface area contributed by atoms with Crippen molar-refractivity contribution in [3.05, 3.63) is 35.4 Å². The first kappa shape index (κ1) is 16.3. The van der Waals surface area contributed by atoms with Crippen molar-refractivity contribution >= 4 is 17.7 Å². The van der Waals surface area contributed by atoms with Gasteiger partial charge in [-0.05, 0) is 30.5 Å². The predicted molar refractivity (Wildman–Crippen MR) is 87.8 cm³/mol. The molecule has 1 heterocycles. The van der Waals surface area contributed by atoms with Crippen LogP contribution in [0.5, 0.6) is 0 Å². The average molecular weight is 308 g/mol. The van der Waals surface area contributed by atoms with Crippen molar-refractivity contribution < 1.29 is 9.53 Å². The second kappa shape index (κ2) is 8.41. The highest BCUT2D eigenvalue weighted by molar-refractivity contribution is 7.98. The highest BCUT2D eigenvalue weighted by Gasteiger charge is 2.18. The molecule has 0 spiro atoms. The van der Waals surface area contributed by atoms with Crippen molar-refractivity contribution in [2.45, 2.75) is 18.8 Å². The van der Waals surface area contributed by atoms with E-state index in [1.54, 1.807) is 0 Å². The summed E-state index contributed by atoms with van der Waals surface area (Å²) < 4.78 is 5.64. The maximum Gasteiger partial charge on any atom is 0.251 e. The van der Waals surface area contributed by atoms with Crippen molar-refractivity contribution in [2.75, 3.05) is 39.0 Å². The van der Waals surface area contributed by atoms with Crippen molar-refractivity contribution in [3.63, 3.8) is 0 Å². The van der Waals surface area contributed by atoms with E-state index in [1.807, 2.05) is 36.0 Å². The third-order valence-electron chi connectivity index (χ3n) is 3.52. The quantitative estimate of drug-likeness (QED) is 0.873. The second-order valence-corrected chi connectivity index (χ2v) is 6.57. The zero-order valence-corrected chi connectivity index (χ0v) is 13.6. The molecule has 1 aromatic carbocycles. The number of likely N-dealkylation sites (N-methyl/N-ethyl adjacent to an activating group) is 1. The zero-order valence-electron chi connectivity index (χ0n) is 12.8. The molecule has 4 nitrogen and oxygen atoms in total. The van der Waals surface area contributed by atoms with E-state index in [0.29, 0.717) is 12.1 Å². The number of carbonyl (C=O) groups is 1. The van der Waals surface area contributed by atoms with Gasteiger partial charge in [-0.3, -0.25) is 4.79 Å². The van der Waals surface area contributed by atoms with Gasteiger partial charge < -0.3 is 15.0 Å². The first-order valence-electron chi connectivity index (χ1n) is 7.44. The van der Waals surface area contributed by atoms with Crippen LogP contribution in [0.1, 0.15) is 22.8 Å². The summed E-state index contributed by atoms with van der Waals surface area (Å²) in [7, 11) is 2.07. The van der Waals surface area contributed by atoms with E-state index in [2.05, 4.69) is 24.2 Å². The van der Waals surface area contributed by atoms with Gasteiger partial charge in [-0.1, -0.05) is 19.1 Å². The summed E-state index contributed by atoms with van der Waals surface area (Å²) in [5.41, 5.74) is 1.97. The summed E-state index contributed by atoms with van der Waals surface area (Å²) >= 11 is 1.88. The molecule has 1 aliphatic heterocycles. The van der Waals surface area contributed by atoms with Crippen molar-refractivity contribution in [1.82, 2.24) is 10.2 Å². The summed E-state index contributed by atoms with van der Waals surface area (Å²) in [5, 5.41) is 2.96. The molecule has 0 radical (unpaired) electrons. The number of nitrogens with one attached hydrogen (secondary N) is 1. The molecule has 1 saturated heterocycles. The SMILES string of the molecule is CCSCc1ccc(C(=O)NC[C@@H]2CN(C)CCO2)cc1. The number of carbonyl (C=O) groups excluding carboxylic acids is 1. The lowest BCUT2D eigenvalue weighted by Gasteiger charge is -2.30. The van der Waals surface area contributed by atoms with Gasteiger partial charge in [0.2, 0.25) is 0 Å². The number of rotatable bonds is 6. The molecule has 2 rings (SSSR count). The van der Waals surface area contributed by atoms with E-state index in [4.69, 9.17) is 4.74 Å². The summed E-state index contributed by atoms with van der Waals surface area (Å²) in [5.74, 6) is 2.08. The Morgan fingerprint density at radius 3 is 2.86 bits per heavy atom. The Labute approximate surface area is 131 Å². The van der Waals surface area contributed by atoms with E-state index < -0.39 is 0 Å². The van der Waals surface area contributed by atoms with Crippen LogP contribution in [0.25, 0.3) is 0 Å². The Morgan fingerprint density at radius 1 is 1.43 bits per heavy atom. The number of hydrogen-bond donors (Lipinski definition) is 1. The summed E-state index contributed by atoms with van der Waals surface area (Å²) in [6, 6.07) is 7.86. The highest BCUT2D eigenvalue weighted by Crippen LogP contribution is 2.12. The summed E-state index contributed by atoms with van der Waals surface area (Å²) in [6.07, 6.45) is 0.0907. The van der Waals surface area contributed by atoms with E-state index in [9.17, 15) is 4.79 Å². The van der Waals surface area contributed by atoms with Crippen LogP contribution in [0.4, 0.5) is 0 Å². The predicted octanol–water partition coefficient (Wildman–Crippen LogP) is 2.00. The fourth-order valence-corrected chi connectivity index (χ4v) is 2.90. The summed E-state index contributed by atoms with van der Waals surface area (Å²) in [6.45, 7) is 5.28. The molecule has 5 heteroatoms. The molecule has 0 aliphatic carbocycles. The van der Waals surface area contributed by atoms with Crippen LogP contribution < -0.4 is 5.32 Å². The van der Waals surface area contributed by atoms with Crippen molar-refractivity contribution in [1.29, 1.82) is 0 Å². The van der Waals surface area contributed by atoms with Gasteiger partial charge in [0.05, 0.1) is 12.7 Å². The maximum atomic E-state index is 12.1. The molecule has 0 aromatic heterocycles. The first-order chi connectivity index (χ1) is 10.2. The number of amides is 1. The van der Waals surface area contributed by atoms with E-state index in [1.165, 1.54) is 5.56 Å². The molecule has 1 fully saturated rings. The van der Waals surface area contributed by atoms with Crippen LogP contribution in [0, 0.1) is 0 Å². The molecule has 1 aliphatic rings. The molecule has 1 aromatic rings. The minimum absolute atomic E-state index is 0.0264. The van der Waals surface area contributed by atoms with E-state index in [-0.39, 0.29) is 12.0 Å². The fraction of sp³-hybridized carbons (Fsp3) is 0.562. The number of morpholine rings is 1. The standard InChI is InChI=1S/C16H24N2O2S/c1-3-21-12-13-4-6-14(7-5-13)16(19)17-10-15-11-18(2)8-9-20-15/h4-7,15H,3,8-12H2,1-2H3,(H,17,19)/t15-/m1/s1. The van der Waals surface area contributed by atoms with Gasteiger partial charge in [0.25, 0.3) is 5.91 Å². The third-order valence-corrected chi connectivity index (χ3v) is 4.47. The molecule has 21 heavy (non-hydrogen) atoms. The smallest absolute Gasteiger partial charge is 0.251 e. The zero-order chi connectivity index (χ0) is 15.1. The number of benzene rings is 1. The van der Waals surface area contributed by atoms with Gasteiger partial charge in [0.1, 0.15) is 0 Å². The Bertz CT molecular complexity index is 450. The van der Waals surface area contributed by atoms with Crippen LogP contribution in [-0.2, 0) is 10.5 Å². The van der Waals surface area contributed by atoms with Gasteiger partial charge in [0.15, 0.2) is 0 Å². The van der Waals surface area contributed by atoms with Crippen LogP contribution in [0.3, 0.4) is 0 Å². The first-order valence-corrected chi connectivity index (χ1v) is 8.59. The minimum Gasteiger partial charge on any atom is -0.374 e. The number of thioether (sulfide) groups is 1. The van der Waals surface area contributed by atoms with Crippen LogP contribution in [0.2, 0.25) is 0 Å². The monoisotopic (exact) mass is 308 g/mol. The Morgan fingerprint density at radius 2 is 2.19 bits per heavy atom. The Hall–Kier alpha value is -1.04. The molecule has 1 atom stereocenters. The number of nitrogens with zero attached hydrogens (tertiary/aromatic N) is 1. The molecule has 0 bridgehead atoms. The Balaban J connectivity index is 1.79. The van der Waals surface area contributed by atoms with Crippen molar-refractivity contribution in [2.24, 2.45) is 0 Å². The number of hydrogen-bond acceptors (Lipinski definition) is 4. The molecule has 0 unspecified atom stereocenters. The third kappa shape index (κ3) is 5.34. The topological polar surface area (TPSA) is 41.6 Å². The van der Waals surface area contributed by atoms with Gasteiger partial charge in [-0.25, -0.2) is 0 Å². The minimum atomic E-state index is -0.0264. The Kier molecular flexibility index (Phi) is 6.54. The molecule has 0 saturated carbocycles. The van der Waals surface area contributed by atoms with E-state index >= 15 is 0 Å².